The van der Waals surface area contributed by atoms with Crippen molar-refractivity contribution in [3.63, 3.8) is 0 Å². The maximum atomic E-state index is 12.7. The van der Waals surface area contributed by atoms with Crippen molar-refractivity contribution in [1.29, 1.82) is 0 Å². The van der Waals surface area contributed by atoms with Gasteiger partial charge in [0, 0.05) is 26.2 Å². The number of nitrogens with zero attached hydrogens (tertiary/aromatic N) is 4. The first-order chi connectivity index (χ1) is 13.7. The van der Waals surface area contributed by atoms with Gasteiger partial charge in [-0.3, -0.25) is 9.69 Å². The number of rotatable bonds is 6. The van der Waals surface area contributed by atoms with Crippen molar-refractivity contribution in [2.45, 2.75) is 24.6 Å². The summed E-state index contributed by atoms with van der Waals surface area (Å²) in [4.78, 5) is 14.9. The van der Waals surface area contributed by atoms with E-state index in [4.69, 9.17) is 4.42 Å². The van der Waals surface area contributed by atoms with Crippen LogP contribution in [0.5, 0.6) is 0 Å². The summed E-state index contributed by atoms with van der Waals surface area (Å²) >= 11 is 0. The molecule has 1 aliphatic heterocycles. The smallest absolute Gasteiger partial charge is 0.255 e. The highest BCUT2D eigenvalue weighted by molar-refractivity contribution is 5.94. The molecule has 146 valence electrons. The number of likely N-dealkylation sites (tertiary alicyclic amines) is 1. The Morgan fingerprint density at radius 1 is 1.21 bits per heavy atom. The van der Waals surface area contributed by atoms with Gasteiger partial charge in [0.2, 0.25) is 0 Å². The third-order valence-corrected chi connectivity index (χ3v) is 5.37. The molecule has 0 unspecified atom stereocenters. The summed E-state index contributed by atoms with van der Waals surface area (Å²) in [5.74, 6) is -0.255. The van der Waals surface area contributed by atoms with E-state index < -0.39 is 11.6 Å². The number of β-amino-alcohol motifs (C(OH)–C–C–N with tert-alkyl or cyclic N) is 1. The monoisotopic (exact) mass is 381 g/mol. The van der Waals surface area contributed by atoms with Crippen molar-refractivity contribution < 1.29 is 14.3 Å². The summed E-state index contributed by atoms with van der Waals surface area (Å²) in [5, 5.41) is 21.8. The number of carbonyl (C=O) groups excluding carboxylic acids is 1. The fourth-order valence-corrected chi connectivity index (χ4v) is 3.75. The Kier molecular flexibility index (Phi) is 5.23. The number of hydrogen-bond donors (Lipinski definition) is 2. The standard InChI is InChI=1S/C20H23N5O3/c26-18-12-24(9-10-25-14-21-22-15-25)8-7-20(18,17-4-2-1-3-5-17)23-19(27)16-6-11-28-13-16/h1-6,11,13-15,18,26H,7-10,12H2,(H,23,27)/t18-,20+/m1/s1. The van der Waals surface area contributed by atoms with Crippen LogP contribution in [0.15, 0.2) is 66.0 Å². The van der Waals surface area contributed by atoms with Crippen LogP contribution in [0.3, 0.4) is 0 Å². The van der Waals surface area contributed by atoms with Crippen LogP contribution in [0.25, 0.3) is 0 Å². The highest BCUT2D eigenvalue weighted by Crippen LogP contribution is 2.34. The van der Waals surface area contributed by atoms with Crippen LogP contribution in [0.4, 0.5) is 0 Å². The Balaban J connectivity index is 1.52. The number of aromatic nitrogens is 3. The number of furan rings is 1. The fourth-order valence-electron chi connectivity index (χ4n) is 3.75. The van der Waals surface area contributed by atoms with Crippen LogP contribution in [-0.4, -0.2) is 56.4 Å². The molecule has 2 N–H and O–H groups in total. The van der Waals surface area contributed by atoms with E-state index in [0.29, 0.717) is 18.5 Å². The van der Waals surface area contributed by atoms with Gasteiger partial charge in [-0.25, -0.2) is 0 Å². The molecule has 0 radical (unpaired) electrons. The van der Waals surface area contributed by atoms with E-state index in [-0.39, 0.29) is 5.91 Å². The minimum absolute atomic E-state index is 0.255. The van der Waals surface area contributed by atoms with Crippen LogP contribution in [0, 0.1) is 0 Å². The van der Waals surface area contributed by atoms with E-state index in [1.165, 1.54) is 12.5 Å². The van der Waals surface area contributed by atoms with Gasteiger partial charge in [-0.05, 0) is 18.1 Å². The first-order valence-electron chi connectivity index (χ1n) is 9.30. The molecule has 3 heterocycles. The van der Waals surface area contributed by atoms with Crippen molar-refractivity contribution >= 4 is 5.91 Å². The summed E-state index contributed by atoms with van der Waals surface area (Å²) in [6, 6.07) is 11.3. The summed E-state index contributed by atoms with van der Waals surface area (Å²) in [5.41, 5.74) is 0.498. The topological polar surface area (TPSA) is 96.4 Å². The number of nitrogens with one attached hydrogen (secondary N) is 1. The molecule has 28 heavy (non-hydrogen) atoms. The average Bonchev–Trinajstić information content (AvgIpc) is 3.43. The van der Waals surface area contributed by atoms with Gasteiger partial charge in [0.1, 0.15) is 18.9 Å². The molecule has 0 saturated carbocycles. The van der Waals surface area contributed by atoms with Crippen LogP contribution in [0.2, 0.25) is 0 Å². The zero-order chi connectivity index (χ0) is 19.4. The van der Waals surface area contributed by atoms with E-state index in [1.54, 1.807) is 18.7 Å². The highest BCUT2D eigenvalue weighted by Gasteiger charge is 2.45. The van der Waals surface area contributed by atoms with Crippen molar-refractivity contribution in [3.05, 3.63) is 72.7 Å². The Morgan fingerprint density at radius 3 is 2.68 bits per heavy atom. The molecule has 2 aromatic heterocycles. The van der Waals surface area contributed by atoms with Gasteiger partial charge >= 0.3 is 0 Å². The van der Waals surface area contributed by atoms with E-state index in [0.717, 1.165) is 25.2 Å². The quantitative estimate of drug-likeness (QED) is 0.667. The lowest BCUT2D eigenvalue weighted by Gasteiger charge is -2.46. The summed E-state index contributed by atoms with van der Waals surface area (Å²) < 4.78 is 6.94. The van der Waals surface area contributed by atoms with Crippen molar-refractivity contribution in [1.82, 2.24) is 25.0 Å². The van der Waals surface area contributed by atoms with Gasteiger partial charge in [0.25, 0.3) is 5.91 Å². The number of piperidine rings is 1. The highest BCUT2D eigenvalue weighted by atomic mass is 16.3. The van der Waals surface area contributed by atoms with E-state index in [1.807, 2.05) is 34.9 Å². The third kappa shape index (κ3) is 3.69. The number of aliphatic hydroxyl groups excluding tert-OH is 1. The van der Waals surface area contributed by atoms with Crippen LogP contribution in [-0.2, 0) is 12.1 Å². The third-order valence-electron chi connectivity index (χ3n) is 5.37. The predicted octanol–water partition coefficient (Wildman–Crippen LogP) is 1.26. The summed E-state index contributed by atoms with van der Waals surface area (Å²) in [6.07, 6.45) is 6.09. The molecular formula is C20H23N5O3. The second-order valence-electron chi connectivity index (χ2n) is 7.07. The lowest BCUT2D eigenvalue weighted by molar-refractivity contribution is -0.0163. The maximum absolute atomic E-state index is 12.7. The van der Waals surface area contributed by atoms with Crippen molar-refractivity contribution in [2.24, 2.45) is 0 Å². The van der Waals surface area contributed by atoms with Gasteiger partial charge in [0.05, 0.1) is 23.5 Å². The first-order valence-corrected chi connectivity index (χ1v) is 9.30. The number of amides is 1. The molecule has 2 atom stereocenters. The molecule has 0 spiro atoms. The molecule has 1 aliphatic rings. The molecular weight excluding hydrogens is 358 g/mol. The molecule has 1 fully saturated rings. The molecule has 1 amide bonds. The molecule has 1 aromatic carbocycles. The summed E-state index contributed by atoms with van der Waals surface area (Å²) in [6.45, 7) is 2.73. The van der Waals surface area contributed by atoms with Gasteiger partial charge in [-0.1, -0.05) is 30.3 Å². The molecule has 0 aliphatic carbocycles. The Bertz CT molecular complexity index is 882. The Hall–Kier alpha value is -2.97. The first kappa shape index (κ1) is 18.4. The molecule has 8 heteroatoms. The second kappa shape index (κ2) is 7.95. The number of hydrogen-bond acceptors (Lipinski definition) is 6. The predicted molar refractivity (Wildman–Crippen MR) is 101 cm³/mol. The van der Waals surface area contributed by atoms with E-state index >= 15 is 0 Å². The average molecular weight is 381 g/mol. The molecule has 4 rings (SSSR count). The van der Waals surface area contributed by atoms with E-state index in [2.05, 4.69) is 20.4 Å². The van der Waals surface area contributed by atoms with Gasteiger partial charge < -0.3 is 19.4 Å². The Morgan fingerprint density at radius 2 is 2.00 bits per heavy atom. The Labute approximate surface area is 162 Å². The normalized spacial score (nSPS) is 22.8. The van der Waals surface area contributed by atoms with Crippen LogP contribution in [0.1, 0.15) is 22.3 Å². The van der Waals surface area contributed by atoms with Gasteiger partial charge in [-0.2, -0.15) is 0 Å². The molecule has 0 bridgehead atoms. The SMILES string of the molecule is O=C(N[C@]1(c2ccccc2)CCN(CCn2cnnc2)C[C@H]1O)c1ccoc1. The minimum Gasteiger partial charge on any atom is -0.472 e. The number of carbonyl (C=O) groups is 1. The maximum Gasteiger partial charge on any atom is 0.255 e. The minimum atomic E-state index is -0.845. The zero-order valence-electron chi connectivity index (χ0n) is 15.4. The van der Waals surface area contributed by atoms with Crippen LogP contribution < -0.4 is 5.32 Å². The lowest BCUT2D eigenvalue weighted by Crippen LogP contribution is -2.62. The summed E-state index contributed by atoms with van der Waals surface area (Å²) in [7, 11) is 0. The van der Waals surface area contributed by atoms with Gasteiger partial charge in [-0.15, -0.1) is 10.2 Å². The van der Waals surface area contributed by atoms with Crippen molar-refractivity contribution in [3.8, 4) is 0 Å². The fraction of sp³-hybridized carbons (Fsp3) is 0.350. The molecule has 3 aromatic rings. The zero-order valence-corrected chi connectivity index (χ0v) is 15.4. The molecule has 1 saturated heterocycles. The van der Waals surface area contributed by atoms with Crippen molar-refractivity contribution in [2.75, 3.05) is 19.6 Å². The van der Waals surface area contributed by atoms with Crippen LogP contribution >= 0.6 is 0 Å². The molecule has 8 nitrogen and oxygen atoms in total. The number of benzene rings is 1. The largest absolute Gasteiger partial charge is 0.472 e. The van der Waals surface area contributed by atoms with Gasteiger partial charge in [0.15, 0.2) is 0 Å². The lowest BCUT2D eigenvalue weighted by atomic mass is 9.78. The number of aliphatic hydroxyl groups is 1. The second-order valence-corrected chi connectivity index (χ2v) is 7.07. The van der Waals surface area contributed by atoms with E-state index in [9.17, 15) is 9.90 Å².